The van der Waals surface area contributed by atoms with Crippen molar-refractivity contribution in [1.82, 2.24) is 4.90 Å². The summed E-state index contributed by atoms with van der Waals surface area (Å²) in [5.74, 6) is 1.29. The minimum absolute atomic E-state index is 0.158. The number of rotatable bonds is 6. The van der Waals surface area contributed by atoms with E-state index in [1.807, 2.05) is 18.2 Å². The second-order valence-electron chi connectivity index (χ2n) is 8.07. The number of nitrogens with one attached hydrogen (secondary N) is 1. The van der Waals surface area contributed by atoms with Crippen molar-refractivity contribution in [2.45, 2.75) is 26.1 Å². The van der Waals surface area contributed by atoms with E-state index in [1.54, 1.807) is 74.6 Å². The summed E-state index contributed by atoms with van der Waals surface area (Å²) in [5, 5.41) is 11.8. The van der Waals surface area contributed by atoms with E-state index in [1.165, 1.54) is 0 Å². The molecule has 4 rings (SSSR count). The van der Waals surface area contributed by atoms with E-state index in [0.29, 0.717) is 47.2 Å². The summed E-state index contributed by atoms with van der Waals surface area (Å²) in [5.41, 5.74) is 3.06. The molecule has 2 amide bonds. The van der Waals surface area contributed by atoms with Gasteiger partial charge in [0.05, 0.1) is 25.9 Å². The molecule has 178 valence electrons. The van der Waals surface area contributed by atoms with Crippen LogP contribution < -0.4 is 19.5 Å². The predicted molar refractivity (Wildman–Crippen MR) is 129 cm³/mol. The molecule has 0 unspecified atom stereocenters. The summed E-state index contributed by atoms with van der Waals surface area (Å²) in [6.07, 6.45) is -0.674. The van der Waals surface area contributed by atoms with Crippen LogP contribution in [-0.2, 0) is 17.9 Å². The van der Waals surface area contributed by atoms with Crippen LogP contribution in [0.2, 0.25) is 0 Å². The number of hydrogen-bond donors (Lipinski definition) is 1. The molecule has 1 N–H and O–H groups in total. The van der Waals surface area contributed by atoms with Crippen LogP contribution in [0.25, 0.3) is 0 Å². The van der Waals surface area contributed by atoms with E-state index >= 15 is 0 Å². The number of carbonyl (C=O) groups is 2. The molecular formula is C27H25N3O5. The lowest BCUT2D eigenvalue weighted by atomic mass is 10.1. The molecule has 0 saturated carbocycles. The van der Waals surface area contributed by atoms with E-state index in [4.69, 9.17) is 19.5 Å². The summed E-state index contributed by atoms with van der Waals surface area (Å²) >= 11 is 0. The fraction of sp³-hybridized carbons (Fsp3) is 0.222. The monoisotopic (exact) mass is 471 g/mol. The summed E-state index contributed by atoms with van der Waals surface area (Å²) in [7, 11) is 3.13. The standard InChI is InChI=1S/C27H25N3O5/c1-17-27(32)30(15-20-5-4-6-24(33-2)25(20)34-3)16-21-13-22(11-12-23(21)35-17)29-26(31)19-9-7-18(14-28)8-10-19/h4-13,17H,15-16H2,1-3H3,(H,29,31)/t17-/m1/s1. The number of nitriles is 1. The first kappa shape index (κ1) is 23.6. The Hall–Kier alpha value is -4.51. The van der Waals surface area contributed by atoms with Crippen LogP contribution in [-0.4, -0.2) is 37.0 Å². The van der Waals surface area contributed by atoms with Gasteiger partial charge in [0.15, 0.2) is 17.6 Å². The number of ether oxygens (including phenoxy) is 3. The Balaban J connectivity index is 1.58. The average Bonchev–Trinajstić information content (AvgIpc) is 2.99. The number of methoxy groups -OCH3 is 2. The summed E-state index contributed by atoms with van der Waals surface area (Å²) < 4.78 is 16.8. The Kier molecular flexibility index (Phi) is 6.88. The van der Waals surface area contributed by atoms with Crippen molar-refractivity contribution in [2.75, 3.05) is 19.5 Å². The van der Waals surface area contributed by atoms with Gasteiger partial charge in [-0.3, -0.25) is 9.59 Å². The summed E-state index contributed by atoms with van der Waals surface area (Å²) in [4.78, 5) is 27.5. The highest BCUT2D eigenvalue weighted by atomic mass is 16.5. The highest BCUT2D eigenvalue weighted by Crippen LogP contribution is 2.34. The number of nitrogens with zero attached hydrogens (tertiary/aromatic N) is 2. The molecule has 1 atom stereocenters. The van der Waals surface area contributed by atoms with Crippen molar-refractivity contribution in [1.29, 1.82) is 5.26 Å². The summed E-state index contributed by atoms with van der Waals surface area (Å²) in [6.45, 7) is 2.31. The number of hydrogen-bond acceptors (Lipinski definition) is 6. The first-order valence-electron chi connectivity index (χ1n) is 11.0. The third kappa shape index (κ3) is 5.04. The molecule has 0 bridgehead atoms. The van der Waals surface area contributed by atoms with Crippen molar-refractivity contribution < 1.29 is 23.8 Å². The van der Waals surface area contributed by atoms with Crippen molar-refractivity contribution in [3.8, 4) is 23.3 Å². The van der Waals surface area contributed by atoms with E-state index in [2.05, 4.69) is 5.32 Å². The molecule has 0 aliphatic carbocycles. The van der Waals surface area contributed by atoms with Gasteiger partial charge in [0.25, 0.3) is 11.8 Å². The highest BCUT2D eigenvalue weighted by molar-refractivity contribution is 6.04. The lowest BCUT2D eigenvalue weighted by Gasteiger charge is -2.24. The maximum Gasteiger partial charge on any atom is 0.263 e. The first-order chi connectivity index (χ1) is 16.9. The van der Waals surface area contributed by atoms with Gasteiger partial charge in [-0.2, -0.15) is 5.26 Å². The van der Waals surface area contributed by atoms with E-state index in [0.717, 1.165) is 11.1 Å². The molecule has 0 spiro atoms. The van der Waals surface area contributed by atoms with Crippen LogP contribution in [0, 0.1) is 11.3 Å². The predicted octanol–water partition coefficient (Wildman–Crippen LogP) is 4.14. The van der Waals surface area contributed by atoms with Gasteiger partial charge in [-0.15, -0.1) is 0 Å². The highest BCUT2D eigenvalue weighted by Gasteiger charge is 2.29. The Morgan fingerprint density at radius 1 is 1.14 bits per heavy atom. The number of carbonyl (C=O) groups excluding carboxylic acids is 2. The largest absolute Gasteiger partial charge is 0.493 e. The lowest BCUT2D eigenvalue weighted by molar-refractivity contribution is -0.138. The Morgan fingerprint density at radius 3 is 2.60 bits per heavy atom. The molecule has 1 aliphatic rings. The second kappa shape index (κ2) is 10.2. The third-order valence-corrected chi connectivity index (χ3v) is 5.76. The number of benzene rings is 3. The van der Waals surface area contributed by atoms with Gasteiger partial charge in [0.2, 0.25) is 0 Å². The SMILES string of the molecule is COc1cccc(CN2Cc3cc(NC(=O)c4ccc(C#N)cc4)ccc3O[C@H](C)C2=O)c1OC. The molecule has 8 nitrogen and oxygen atoms in total. The van der Waals surface area contributed by atoms with Crippen molar-refractivity contribution in [3.05, 3.63) is 82.9 Å². The molecule has 0 fully saturated rings. The van der Waals surface area contributed by atoms with Crippen LogP contribution >= 0.6 is 0 Å². The Labute approximate surface area is 203 Å². The van der Waals surface area contributed by atoms with Crippen LogP contribution in [0.5, 0.6) is 17.2 Å². The van der Waals surface area contributed by atoms with Gasteiger partial charge in [0, 0.05) is 35.5 Å². The van der Waals surface area contributed by atoms with Crippen molar-refractivity contribution in [3.63, 3.8) is 0 Å². The third-order valence-electron chi connectivity index (χ3n) is 5.76. The molecule has 1 aliphatic heterocycles. The number of para-hydroxylation sites is 1. The molecule has 35 heavy (non-hydrogen) atoms. The molecule has 1 heterocycles. The van der Waals surface area contributed by atoms with E-state index < -0.39 is 6.10 Å². The molecular weight excluding hydrogens is 446 g/mol. The molecule has 3 aromatic rings. The van der Waals surface area contributed by atoms with Gasteiger partial charge >= 0.3 is 0 Å². The summed E-state index contributed by atoms with van der Waals surface area (Å²) in [6, 6.07) is 19.3. The Bertz CT molecular complexity index is 1300. The molecule has 8 heteroatoms. The molecule has 3 aromatic carbocycles. The molecule has 0 radical (unpaired) electrons. The quantitative estimate of drug-likeness (QED) is 0.580. The zero-order valence-corrected chi connectivity index (χ0v) is 19.7. The zero-order chi connectivity index (χ0) is 24.9. The van der Waals surface area contributed by atoms with Crippen LogP contribution in [0.3, 0.4) is 0 Å². The minimum Gasteiger partial charge on any atom is -0.493 e. The maximum absolute atomic E-state index is 13.1. The number of amides is 2. The van der Waals surface area contributed by atoms with Crippen LogP contribution in [0.1, 0.15) is 34.0 Å². The van der Waals surface area contributed by atoms with Gasteiger partial charge in [-0.25, -0.2) is 0 Å². The van der Waals surface area contributed by atoms with Crippen LogP contribution in [0.15, 0.2) is 60.7 Å². The van der Waals surface area contributed by atoms with Gasteiger partial charge in [-0.05, 0) is 55.5 Å². The average molecular weight is 472 g/mol. The van der Waals surface area contributed by atoms with Crippen LogP contribution in [0.4, 0.5) is 5.69 Å². The normalized spacial score (nSPS) is 14.7. The maximum atomic E-state index is 13.1. The Morgan fingerprint density at radius 2 is 1.91 bits per heavy atom. The van der Waals surface area contributed by atoms with Gasteiger partial charge in [0.1, 0.15) is 5.75 Å². The lowest BCUT2D eigenvalue weighted by Crippen LogP contribution is -2.37. The number of anilines is 1. The fourth-order valence-corrected chi connectivity index (χ4v) is 3.99. The van der Waals surface area contributed by atoms with Crippen molar-refractivity contribution in [2.24, 2.45) is 0 Å². The zero-order valence-electron chi connectivity index (χ0n) is 19.7. The van der Waals surface area contributed by atoms with Crippen molar-refractivity contribution >= 4 is 17.5 Å². The molecule has 0 aromatic heterocycles. The first-order valence-corrected chi connectivity index (χ1v) is 11.0. The smallest absolute Gasteiger partial charge is 0.263 e. The van der Waals surface area contributed by atoms with Gasteiger partial charge < -0.3 is 24.4 Å². The van der Waals surface area contributed by atoms with E-state index in [-0.39, 0.29) is 11.8 Å². The van der Waals surface area contributed by atoms with E-state index in [9.17, 15) is 9.59 Å². The number of fused-ring (bicyclic) bond motifs is 1. The van der Waals surface area contributed by atoms with Gasteiger partial charge in [-0.1, -0.05) is 12.1 Å². The molecule has 0 saturated heterocycles. The minimum atomic E-state index is -0.674. The topological polar surface area (TPSA) is 101 Å². The second-order valence-corrected chi connectivity index (χ2v) is 8.07. The fourth-order valence-electron chi connectivity index (χ4n) is 3.99.